The molecule has 1 aromatic carbocycles. The lowest BCUT2D eigenvalue weighted by Crippen LogP contribution is -2.11. The highest BCUT2D eigenvalue weighted by Crippen LogP contribution is 2.36. The Balaban J connectivity index is 3.23. The van der Waals surface area contributed by atoms with E-state index >= 15 is 0 Å². The van der Waals surface area contributed by atoms with E-state index in [9.17, 15) is 15.2 Å². The van der Waals surface area contributed by atoms with E-state index in [0.29, 0.717) is 17.5 Å². The van der Waals surface area contributed by atoms with E-state index < -0.39 is 11.0 Å². The third-order valence-electron chi connectivity index (χ3n) is 2.53. The smallest absolute Gasteiger partial charge is 0.313 e. The van der Waals surface area contributed by atoms with Gasteiger partial charge in [0, 0.05) is 17.2 Å². The number of nitrogens with zero attached hydrogens (tertiary/aromatic N) is 1. The van der Waals surface area contributed by atoms with Gasteiger partial charge in [0.1, 0.15) is 0 Å². The topological polar surface area (TPSA) is 89.4 Å². The number of aromatic hydroxyl groups is 1. The molecule has 0 heterocycles. The maximum Gasteiger partial charge on any atom is 0.313 e. The van der Waals surface area contributed by atoms with Gasteiger partial charge in [0.05, 0.1) is 4.92 Å². The molecule has 5 heteroatoms. The third-order valence-corrected chi connectivity index (χ3v) is 2.53. The molecule has 0 aliphatic carbocycles. The van der Waals surface area contributed by atoms with Gasteiger partial charge in [0.2, 0.25) is 0 Å². The van der Waals surface area contributed by atoms with Gasteiger partial charge in [0.15, 0.2) is 5.75 Å². The van der Waals surface area contributed by atoms with Gasteiger partial charge in [0.25, 0.3) is 0 Å². The van der Waals surface area contributed by atoms with Crippen LogP contribution in [0.5, 0.6) is 5.75 Å². The molecule has 0 saturated carbocycles. The Labute approximate surface area is 99.7 Å². The number of aryl methyl sites for hydroxylation is 1. The molecule has 1 aromatic rings. The molecule has 3 N–H and O–H groups in total. The summed E-state index contributed by atoms with van der Waals surface area (Å²) in [5.74, 6) is -0.344. The number of nitro groups is 1. The molecule has 1 atom stereocenters. The second kappa shape index (κ2) is 4.97. The summed E-state index contributed by atoms with van der Waals surface area (Å²) in [5.41, 5.74) is 7.25. The van der Waals surface area contributed by atoms with Crippen molar-refractivity contribution in [3.63, 3.8) is 0 Å². The summed E-state index contributed by atoms with van der Waals surface area (Å²) < 4.78 is 0. The molecule has 0 fully saturated rings. The average molecular weight is 236 g/mol. The Hall–Kier alpha value is -1.88. The molecule has 0 aromatic heterocycles. The van der Waals surface area contributed by atoms with Crippen LogP contribution in [0.1, 0.15) is 30.5 Å². The summed E-state index contributed by atoms with van der Waals surface area (Å²) in [4.78, 5) is 10.2. The summed E-state index contributed by atoms with van der Waals surface area (Å²) in [6, 6.07) is 2.73. The van der Waals surface area contributed by atoms with Gasteiger partial charge >= 0.3 is 5.69 Å². The summed E-state index contributed by atoms with van der Waals surface area (Å²) >= 11 is 0. The highest BCUT2D eigenvalue weighted by atomic mass is 16.6. The summed E-state index contributed by atoms with van der Waals surface area (Å²) in [5, 5.41) is 20.7. The fraction of sp³-hybridized carbons (Fsp3) is 0.333. The van der Waals surface area contributed by atoms with Crippen LogP contribution in [0, 0.1) is 17.0 Å². The Kier molecular flexibility index (Phi) is 3.85. The second-order valence-corrected chi connectivity index (χ2v) is 4.19. The molecule has 0 amide bonds. The SMILES string of the molecule is C=C(C)C[C@@H](N)c1ccc(C)c([N+](=O)[O-])c1O. The Morgan fingerprint density at radius 1 is 1.65 bits per heavy atom. The Bertz CT molecular complexity index is 469. The number of hydrogen-bond donors (Lipinski definition) is 2. The van der Waals surface area contributed by atoms with Crippen LogP contribution < -0.4 is 5.73 Å². The minimum Gasteiger partial charge on any atom is -0.502 e. The summed E-state index contributed by atoms with van der Waals surface area (Å²) in [6.45, 7) is 7.12. The van der Waals surface area contributed by atoms with Crippen LogP contribution in [-0.4, -0.2) is 10.0 Å². The van der Waals surface area contributed by atoms with Crippen LogP contribution in [0.2, 0.25) is 0 Å². The van der Waals surface area contributed by atoms with Gasteiger partial charge in [-0.1, -0.05) is 17.7 Å². The number of phenols is 1. The number of benzene rings is 1. The lowest BCUT2D eigenvalue weighted by molar-refractivity contribution is -0.386. The minimum atomic E-state index is -0.596. The maximum atomic E-state index is 10.8. The van der Waals surface area contributed by atoms with Crippen molar-refractivity contribution in [1.82, 2.24) is 0 Å². The predicted molar refractivity (Wildman–Crippen MR) is 65.9 cm³/mol. The average Bonchev–Trinajstić information content (AvgIpc) is 2.15. The van der Waals surface area contributed by atoms with Crippen molar-refractivity contribution < 1.29 is 10.0 Å². The van der Waals surface area contributed by atoms with Crippen LogP contribution in [0.3, 0.4) is 0 Å². The van der Waals surface area contributed by atoms with Crippen LogP contribution in [0.25, 0.3) is 0 Å². The van der Waals surface area contributed by atoms with Crippen molar-refractivity contribution >= 4 is 5.69 Å². The first kappa shape index (κ1) is 13.2. The van der Waals surface area contributed by atoms with Gasteiger partial charge in [-0.05, 0) is 20.3 Å². The summed E-state index contributed by atoms with van der Waals surface area (Å²) in [6.07, 6.45) is 0.480. The van der Waals surface area contributed by atoms with Crippen LogP contribution in [0.4, 0.5) is 5.69 Å². The second-order valence-electron chi connectivity index (χ2n) is 4.19. The number of nitro benzene ring substituents is 1. The number of rotatable bonds is 4. The fourth-order valence-electron chi connectivity index (χ4n) is 1.71. The lowest BCUT2D eigenvalue weighted by Gasteiger charge is -2.14. The molecule has 1 rings (SSSR count). The first-order valence-electron chi connectivity index (χ1n) is 5.21. The number of hydrogen-bond acceptors (Lipinski definition) is 4. The van der Waals surface area contributed by atoms with E-state index in [4.69, 9.17) is 5.73 Å². The van der Waals surface area contributed by atoms with E-state index in [-0.39, 0.29) is 11.4 Å². The molecular formula is C12H16N2O3. The van der Waals surface area contributed by atoms with Crippen LogP contribution >= 0.6 is 0 Å². The predicted octanol–water partition coefficient (Wildman–Crippen LogP) is 2.57. The standard InChI is InChI=1S/C12H16N2O3/c1-7(2)6-10(13)9-5-4-8(3)11(12(9)15)14(16)17/h4-5,10,15H,1,6,13H2,2-3H3/t10-/m1/s1. The van der Waals surface area contributed by atoms with Crippen LogP contribution in [-0.2, 0) is 0 Å². The van der Waals surface area contributed by atoms with Crippen molar-refractivity contribution in [3.05, 3.63) is 45.5 Å². The molecular weight excluding hydrogens is 220 g/mol. The van der Waals surface area contributed by atoms with E-state index in [1.807, 2.05) is 6.92 Å². The van der Waals surface area contributed by atoms with Crippen molar-refractivity contribution in [3.8, 4) is 5.75 Å². The van der Waals surface area contributed by atoms with E-state index in [2.05, 4.69) is 6.58 Å². The van der Waals surface area contributed by atoms with Gasteiger partial charge in [-0.25, -0.2) is 0 Å². The third kappa shape index (κ3) is 2.82. The van der Waals surface area contributed by atoms with Crippen molar-refractivity contribution in [1.29, 1.82) is 0 Å². The number of nitrogens with two attached hydrogens (primary N) is 1. The monoisotopic (exact) mass is 236 g/mol. The maximum absolute atomic E-state index is 10.8. The lowest BCUT2D eigenvalue weighted by atomic mass is 9.98. The largest absolute Gasteiger partial charge is 0.502 e. The molecule has 0 spiro atoms. The molecule has 0 aliphatic heterocycles. The molecule has 0 bridgehead atoms. The van der Waals surface area contributed by atoms with Gasteiger partial charge in [-0.15, -0.1) is 6.58 Å². The van der Waals surface area contributed by atoms with E-state index in [1.165, 1.54) is 0 Å². The highest BCUT2D eigenvalue weighted by Gasteiger charge is 2.23. The normalized spacial score (nSPS) is 12.2. The minimum absolute atomic E-state index is 0.278. The fourth-order valence-corrected chi connectivity index (χ4v) is 1.71. The Morgan fingerprint density at radius 3 is 2.71 bits per heavy atom. The van der Waals surface area contributed by atoms with Gasteiger partial charge < -0.3 is 10.8 Å². The van der Waals surface area contributed by atoms with Crippen molar-refractivity contribution in [2.24, 2.45) is 5.73 Å². The first-order chi connectivity index (χ1) is 7.84. The molecule has 17 heavy (non-hydrogen) atoms. The number of phenolic OH excluding ortho intramolecular Hbond substituents is 1. The Morgan fingerprint density at radius 2 is 2.24 bits per heavy atom. The van der Waals surface area contributed by atoms with E-state index in [0.717, 1.165) is 5.57 Å². The zero-order valence-corrected chi connectivity index (χ0v) is 9.93. The highest BCUT2D eigenvalue weighted by molar-refractivity contribution is 5.56. The first-order valence-corrected chi connectivity index (χ1v) is 5.21. The quantitative estimate of drug-likeness (QED) is 0.477. The van der Waals surface area contributed by atoms with Crippen molar-refractivity contribution in [2.45, 2.75) is 26.3 Å². The molecule has 5 nitrogen and oxygen atoms in total. The zero-order valence-electron chi connectivity index (χ0n) is 9.93. The van der Waals surface area contributed by atoms with Gasteiger partial charge in [-0.2, -0.15) is 0 Å². The molecule has 0 radical (unpaired) electrons. The van der Waals surface area contributed by atoms with Gasteiger partial charge in [-0.3, -0.25) is 10.1 Å². The van der Waals surface area contributed by atoms with Crippen LogP contribution in [0.15, 0.2) is 24.3 Å². The van der Waals surface area contributed by atoms with E-state index in [1.54, 1.807) is 19.1 Å². The molecule has 0 saturated heterocycles. The zero-order chi connectivity index (χ0) is 13.2. The summed E-state index contributed by atoms with van der Waals surface area (Å²) in [7, 11) is 0. The molecule has 0 unspecified atom stereocenters. The molecule has 0 aliphatic rings. The van der Waals surface area contributed by atoms with Crippen molar-refractivity contribution in [2.75, 3.05) is 0 Å². The molecule has 92 valence electrons.